The van der Waals surface area contributed by atoms with Gasteiger partial charge in [0, 0.05) is 18.6 Å². The first-order chi connectivity index (χ1) is 9.77. The van der Waals surface area contributed by atoms with Crippen LogP contribution in [-0.4, -0.2) is 30.1 Å². The SMILES string of the molecule is CS(=O)(=O)c1nccn1CC(=O)Nc1ccc(F)cc1Cl. The average Bonchev–Trinajstić information content (AvgIpc) is 2.80. The van der Waals surface area contributed by atoms with Gasteiger partial charge >= 0.3 is 0 Å². The Morgan fingerprint density at radius 3 is 2.81 bits per heavy atom. The molecule has 6 nitrogen and oxygen atoms in total. The number of halogens is 2. The van der Waals surface area contributed by atoms with Crippen molar-refractivity contribution in [2.75, 3.05) is 11.6 Å². The number of rotatable bonds is 4. The van der Waals surface area contributed by atoms with Gasteiger partial charge < -0.3 is 9.88 Å². The maximum absolute atomic E-state index is 12.9. The van der Waals surface area contributed by atoms with Crippen LogP contribution >= 0.6 is 11.6 Å². The summed E-state index contributed by atoms with van der Waals surface area (Å²) in [5, 5.41) is 2.32. The number of hydrogen-bond donors (Lipinski definition) is 1. The first-order valence-corrected chi connectivity index (χ1v) is 8.00. The Labute approximate surface area is 125 Å². The number of amides is 1. The Balaban J connectivity index is 2.14. The van der Waals surface area contributed by atoms with Crippen molar-refractivity contribution in [3.63, 3.8) is 0 Å². The van der Waals surface area contributed by atoms with Gasteiger partial charge in [-0.2, -0.15) is 0 Å². The molecule has 0 spiro atoms. The highest BCUT2D eigenvalue weighted by Gasteiger charge is 2.16. The first-order valence-electron chi connectivity index (χ1n) is 5.73. The highest BCUT2D eigenvalue weighted by atomic mass is 35.5. The van der Waals surface area contributed by atoms with E-state index in [1.165, 1.54) is 23.0 Å². The van der Waals surface area contributed by atoms with E-state index in [1.807, 2.05) is 0 Å². The smallest absolute Gasteiger partial charge is 0.244 e. The fourth-order valence-corrected chi connectivity index (χ4v) is 2.70. The number of imidazole rings is 1. The van der Waals surface area contributed by atoms with Crippen molar-refractivity contribution in [1.82, 2.24) is 9.55 Å². The molecule has 0 saturated carbocycles. The molecule has 112 valence electrons. The van der Waals surface area contributed by atoms with Crippen LogP contribution in [0.15, 0.2) is 35.7 Å². The van der Waals surface area contributed by atoms with E-state index in [-0.39, 0.29) is 22.4 Å². The molecule has 1 amide bonds. The Morgan fingerprint density at radius 1 is 1.48 bits per heavy atom. The highest BCUT2D eigenvalue weighted by molar-refractivity contribution is 7.90. The monoisotopic (exact) mass is 331 g/mol. The number of carbonyl (C=O) groups is 1. The summed E-state index contributed by atoms with van der Waals surface area (Å²) in [5.41, 5.74) is 0.240. The lowest BCUT2D eigenvalue weighted by atomic mass is 10.3. The summed E-state index contributed by atoms with van der Waals surface area (Å²) in [6.45, 7) is -0.254. The van der Waals surface area contributed by atoms with Crippen LogP contribution < -0.4 is 5.32 Å². The van der Waals surface area contributed by atoms with E-state index >= 15 is 0 Å². The van der Waals surface area contributed by atoms with Crippen LogP contribution in [0.5, 0.6) is 0 Å². The van der Waals surface area contributed by atoms with Crippen LogP contribution in [0, 0.1) is 5.82 Å². The molecule has 0 aliphatic heterocycles. The van der Waals surface area contributed by atoms with Gasteiger partial charge in [0.1, 0.15) is 12.4 Å². The van der Waals surface area contributed by atoms with Crippen molar-refractivity contribution in [2.45, 2.75) is 11.7 Å². The van der Waals surface area contributed by atoms with Crippen molar-refractivity contribution in [3.8, 4) is 0 Å². The lowest BCUT2D eigenvalue weighted by molar-refractivity contribution is -0.116. The molecule has 1 N–H and O–H groups in total. The molecule has 9 heteroatoms. The highest BCUT2D eigenvalue weighted by Crippen LogP contribution is 2.22. The third kappa shape index (κ3) is 3.79. The maximum Gasteiger partial charge on any atom is 0.244 e. The van der Waals surface area contributed by atoms with Gasteiger partial charge in [0.05, 0.1) is 10.7 Å². The average molecular weight is 332 g/mol. The minimum Gasteiger partial charge on any atom is -0.323 e. The predicted octanol–water partition coefficient (Wildman–Crippen LogP) is 1.72. The zero-order valence-corrected chi connectivity index (χ0v) is 12.4. The van der Waals surface area contributed by atoms with E-state index in [9.17, 15) is 17.6 Å². The largest absolute Gasteiger partial charge is 0.323 e. The van der Waals surface area contributed by atoms with Crippen molar-refractivity contribution >= 4 is 33.0 Å². The van der Waals surface area contributed by atoms with Gasteiger partial charge in [-0.3, -0.25) is 4.79 Å². The topological polar surface area (TPSA) is 81.1 Å². The Bertz CT molecular complexity index is 789. The van der Waals surface area contributed by atoms with Crippen molar-refractivity contribution < 1.29 is 17.6 Å². The number of aromatic nitrogens is 2. The molecule has 1 aromatic heterocycles. The van der Waals surface area contributed by atoms with Crippen molar-refractivity contribution in [3.05, 3.63) is 41.4 Å². The summed E-state index contributed by atoms with van der Waals surface area (Å²) in [5.74, 6) is -1.03. The van der Waals surface area contributed by atoms with Crippen LogP contribution in [0.2, 0.25) is 5.02 Å². The zero-order valence-electron chi connectivity index (χ0n) is 10.9. The van der Waals surface area contributed by atoms with Crippen LogP contribution in [-0.2, 0) is 21.2 Å². The third-order valence-electron chi connectivity index (χ3n) is 2.53. The molecule has 0 saturated heterocycles. The Morgan fingerprint density at radius 2 is 2.19 bits per heavy atom. The second-order valence-corrected chi connectivity index (χ2v) is 6.60. The molecule has 2 rings (SSSR count). The summed E-state index contributed by atoms with van der Waals surface area (Å²) in [4.78, 5) is 15.6. The number of nitrogens with one attached hydrogen (secondary N) is 1. The van der Waals surface area contributed by atoms with Crippen molar-refractivity contribution in [2.24, 2.45) is 0 Å². The fraction of sp³-hybridized carbons (Fsp3) is 0.167. The number of nitrogens with zero attached hydrogens (tertiary/aromatic N) is 2. The number of hydrogen-bond acceptors (Lipinski definition) is 4. The van der Waals surface area contributed by atoms with Gasteiger partial charge in [0.25, 0.3) is 0 Å². The molecule has 2 aromatic rings. The van der Waals surface area contributed by atoms with Gasteiger partial charge in [-0.1, -0.05) is 11.6 Å². The number of carbonyl (C=O) groups excluding carboxylic acids is 1. The lowest BCUT2D eigenvalue weighted by Crippen LogP contribution is -2.21. The molecule has 0 aliphatic rings. The molecule has 0 bridgehead atoms. The van der Waals surface area contributed by atoms with E-state index in [1.54, 1.807) is 0 Å². The number of benzene rings is 1. The van der Waals surface area contributed by atoms with Gasteiger partial charge in [-0.05, 0) is 18.2 Å². The zero-order chi connectivity index (χ0) is 15.6. The molecule has 0 fully saturated rings. The van der Waals surface area contributed by atoms with Crippen molar-refractivity contribution in [1.29, 1.82) is 0 Å². The predicted molar refractivity (Wildman–Crippen MR) is 75.4 cm³/mol. The fourth-order valence-electron chi connectivity index (χ4n) is 1.68. The molecule has 0 aliphatic carbocycles. The van der Waals surface area contributed by atoms with E-state index in [0.29, 0.717) is 0 Å². The van der Waals surface area contributed by atoms with Crippen LogP contribution in [0.4, 0.5) is 10.1 Å². The molecular weight excluding hydrogens is 321 g/mol. The minimum absolute atomic E-state index is 0.0531. The summed E-state index contributed by atoms with van der Waals surface area (Å²) in [6.07, 6.45) is 3.66. The van der Waals surface area contributed by atoms with Gasteiger partial charge in [-0.15, -0.1) is 0 Å². The molecule has 0 atom stereocenters. The Kier molecular flexibility index (Phi) is 4.29. The normalized spacial score (nSPS) is 11.4. The minimum atomic E-state index is -3.53. The quantitative estimate of drug-likeness (QED) is 0.925. The lowest BCUT2D eigenvalue weighted by Gasteiger charge is -2.09. The summed E-state index contributed by atoms with van der Waals surface area (Å²) < 4.78 is 37.0. The third-order valence-corrected chi connectivity index (χ3v) is 3.84. The number of anilines is 1. The first kappa shape index (κ1) is 15.5. The molecular formula is C12H11ClFN3O3S. The maximum atomic E-state index is 12.9. The molecule has 0 radical (unpaired) electrons. The second-order valence-electron chi connectivity index (χ2n) is 4.28. The van der Waals surface area contributed by atoms with Crippen LogP contribution in [0.1, 0.15) is 0 Å². The summed E-state index contributed by atoms with van der Waals surface area (Å²) >= 11 is 5.79. The van der Waals surface area contributed by atoms with Gasteiger partial charge in [0.15, 0.2) is 0 Å². The van der Waals surface area contributed by atoms with E-state index < -0.39 is 21.6 Å². The Hall–Kier alpha value is -1.93. The summed E-state index contributed by atoms with van der Waals surface area (Å²) in [7, 11) is -3.53. The molecule has 1 heterocycles. The van der Waals surface area contributed by atoms with E-state index in [4.69, 9.17) is 11.6 Å². The van der Waals surface area contributed by atoms with Gasteiger partial charge in [-0.25, -0.2) is 17.8 Å². The molecule has 21 heavy (non-hydrogen) atoms. The standard InChI is InChI=1S/C12H11ClFN3O3S/c1-21(19,20)12-15-4-5-17(12)7-11(18)16-10-3-2-8(14)6-9(10)13/h2-6H,7H2,1H3,(H,16,18). The van der Waals surface area contributed by atoms with Crippen LogP contribution in [0.3, 0.4) is 0 Å². The van der Waals surface area contributed by atoms with E-state index in [2.05, 4.69) is 10.3 Å². The van der Waals surface area contributed by atoms with Gasteiger partial charge in [0.2, 0.25) is 20.9 Å². The van der Waals surface area contributed by atoms with Crippen LogP contribution in [0.25, 0.3) is 0 Å². The van der Waals surface area contributed by atoms with E-state index in [0.717, 1.165) is 18.4 Å². The molecule has 1 aromatic carbocycles. The molecule has 0 unspecified atom stereocenters. The second kappa shape index (κ2) is 5.82. The number of sulfone groups is 1. The summed E-state index contributed by atoms with van der Waals surface area (Å²) in [6, 6.07) is 3.54.